The zero-order chi connectivity index (χ0) is 23.9. The highest BCUT2D eigenvalue weighted by Crippen LogP contribution is 2.29. The lowest BCUT2D eigenvalue weighted by molar-refractivity contribution is -0.0639. The van der Waals surface area contributed by atoms with Gasteiger partial charge in [0.2, 0.25) is 0 Å². The molecule has 0 spiro atoms. The smallest absolute Gasteiger partial charge is 0.123 e. The van der Waals surface area contributed by atoms with Gasteiger partial charge in [-0.1, -0.05) is 54.4 Å². The van der Waals surface area contributed by atoms with Gasteiger partial charge in [0.1, 0.15) is 6.23 Å². The third-order valence-corrected chi connectivity index (χ3v) is 7.00. The van der Waals surface area contributed by atoms with Crippen LogP contribution in [0.4, 0.5) is 0 Å². The molecule has 3 N–H and O–H groups in total. The first-order valence-electron chi connectivity index (χ1n) is 13.9. The number of hydrogen-bond acceptors (Lipinski definition) is 5. The molecule has 4 rings (SSSR count). The van der Waals surface area contributed by atoms with Crippen LogP contribution in [0.25, 0.3) is 0 Å². The van der Waals surface area contributed by atoms with Gasteiger partial charge in [0.25, 0.3) is 0 Å². The maximum absolute atomic E-state index is 5.69. The number of hydrogen-bond donors (Lipinski definition) is 3. The molecule has 0 aromatic heterocycles. The standard InChI is InChI=1S/C11H22N2.C10H20N2O.2C3H8/c1-9(2)13-6-4-10-3-5-12-7-11(10)8-13;1-7(2)8-3-4-12-10-9(8)11-5-6-13-10;2*1-3-2/h9-12H,3-8H2,1-2H3;7-12H,3-6H2,1-2H3;2*3H2,1-2H3. The number of nitrogens with zero attached hydrogens (tertiary/aromatic N) is 1. The minimum absolute atomic E-state index is 0.259. The average Bonchev–Trinajstić information content (AvgIpc) is 2.79. The van der Waals surface area contributed by atoms with E-state index in [0.717, 1.165) is 49.4 Å². The molecule has 4 fully saturated rings. The molecule has 4 saturated heterocycles. The Hall–Kier alpha value is -0.200. The van der Waals surface area contributed by atoms with Crippen molar-refractivity contribution in [3.8, 4) is 0 Å². The highest BCUT2D eigenvalue weighted by molar-refractivity contribution is 4.91. The molecule has 0 aromatic rings. The van der Waals surface area contributed by atoms with Crippen molar-refractivity contribution in [3.05, 3.63) is 0 Å². The van der Waals surface area contributed by atoms with E-state index in [4.69, 9.17) is 4.74 Å². The van der Waals surface area contributed by atoms with Crippen LogP contribution in [0.15, 0.2) is 0 Å². The quantitative estimate of drug-likeness (QED) is 0.563. The Bertz CT molecular complexity index is 439. The highest BCUT2D eigenvalue weighted by atomic mass is 16.5. The van der Waals surface area contributed by atoms with Crippen LogP contribution < -0.4 is 16.0 Å². The minimum atomic E-state index is 0.259. The Morgan fingerprint density at radius 3 is 2.16 bits per heavy atom. The van der Waals surface area contributed by atoms with Gasteiger partial charge < -0.3 is 20.3 Å². The number of rotatable bonds is 2. The summed E-state index contributed by atoms with van der Waals surface area (Å²) in [6.45, 7) is 25.9. The largest absolute Gasteiger partial charge is 0.360 e. The molecule has 4 aliphatic heterocycles. The van der Waals surface area contributed by atoms with Crippen LogP contribution in [-0.4, -0.2) is 69.1 Å². The second-order valence-electron chi connectivity index (χ2n) is 10.7. The summed E-state index contributed by atoms with van der Waals surface area (Å²) in [6.07, 6.45) is 6.88. The first-order chi connectivity index (χ1) is 15.4. The SMILES string of the molecule is CC(C)C1CCNC2OCCNC21.CC(C)N1CCC2CCNCC2C1.CCC.CCC. The zero-order valence-electron chi connectivity index (χ0n) is 22.9. The number of likely N-dealkylation sites (tertiary alicyclic amines) is 1. The average molecular weight is 455 g/mol. The van der Waals surface area contributed by atoms with Gasteiger partial charge in [0.05, 0.1) is 6.61 Å². The monoisotopic (exact) mass is 454 g/mol. The van der Waals surface area contributed by atoms with Gasteiger partial charge in [-0.2, -0.15) is 0 Å². The summed E-state index contributed by atoms with van der Waals surface area (Å²) >= 11 is 0. The van der Waals surface area contributed by atoms with Crippen molar-refractivity contribution in [3.63, 3.8) is 0 Å². The number of piperidine rings is 3. The van der Waals surface area contributed by atoms with E-state index in [-0.39, 0.29) is 6.23 Å². The Morgan fingerprint density at radius 1 is 0.844 bits per heavy atom. The normalized spacial score (nSPS) is 32.2. The Labute approximate surface area is 201 Å². The van der Waals surface area contributed by atoms with Crippen LogP contribution in [0.1, 0.15) is 87.5 Å². The van der Waals surface area contributed by atoms with Crippen LogP contribution in [0.3, 0.4) is 0 Å². The van der Waals surface area contributed by atoms with E-state index in [1.165, 1.54) is 58.3 Å². The molecule has 5 heteroatoms. The van der Waals surface area contributed by atoms with Crippen molar-refractivity contribution in [2.45, 2.75) is 106 Å². The van der Waals surface area contributed by atoms with Crippen molar-refractivity contribution in [1.29, 1.82) is 0 Å². The van der Waals surface area contributed by atoms with Crippen molar-refractivity contribution in [2.75, 3.05) is 45.9 Å². The Kier molecular flexibility index (Phi) is 16.1. The van der Waals surface area contributed by atoms with E-state index < -0.39 is 0 Å². The van der Waals surface area contributed by atoms with Crippen molar-refractivity contribution < 1.29 is 4.74 Å². The number of fused-ring (bicyclic) bond motifs is 2. The van der Waals surface area contributed by atoms with Crippen LogP contribution in [0.2, 0.25) is 0 Å². The molecule has 5 atom stereocenters. The molecule has 192 valence electrons. The van der Waals surface area contributed by atoms with Crippen LogP contribution in [0.5, 0.6) is 0 Å². The molecule has 0 amide bonds. The molecular formula is C27H58N4O. The minimum Gasteiger partial charge on any atom is -0.360 e. The van der Waals surface area contributed by atoms with Crippen molar-refractivity contribution >= 4 is 0 Å². The second-order valence-corrected chi connectivity index (χ2v) is 10.7. The highest BCUT2D eigenvalue weighted by Gasteiger charge is 2.36. The fourth-order valence-electron chi connectivity index (χ4n) is 5.27. The molecule has 4 aliphatic rings. The van der Waals surface area contributed by atoms with Gasteiger partial charge >= 0.3 is 0 Å². The molecular weight excluding hydrogens is 396 g/mol. The van der Waals surface area contributed by atoms with E-state index in [9.17, 15) is 0 Å². The third-order valence-electron chi connectivity index (χ3n) is 7.00. The van der Waals surface area contributed by atoms with Crippen LogP contribution in [0, 0.1) is 23.7 Å². The first-order valence-corrected chi connectivity index (χ1v) is 13.9. The van der Waals surface area contributed by atoms with Gasteiger partial charge in [-0.05, 0) is 83.0 Å². The van der Waals surface area contributed by atoms with Gasteiger partial charge in [-0.3, -0.25) is 5.32 Å². The molecule has 0 saturated carbocycles. The predicted octanol–water partition coefficient (Wildman–Crippen LogP) is 4.73. The first kappa shape index (κ1) is 29.8. The number of nitrogens with one attached hydrogen (secondary N) is 3. The van der Waals surface area contributed by atoms with E-state index in [1.807, 2.05) is 0 Å². The summed E-state index contributed by atoms with van der Waals surface area (Å²) < 4.78 is 5.69. The maximum Gasteiger partial charge on any atom is 0.123 e. The Balaban J connectivity index is 0.000000258. The third kappa shape index (κ3) is 10.4. The number of ether oxygens (including phenoxy) is 1. The zero-order valence-corrected chi connectivity index (χ0v) is 22.9. The molecule has 5 nitrogen and oxygen atoms in total. The summed E-state index contributed by atoms with van der Waals surface area (Å²) in [7, 11) is 0. The van der Waals surface area contributed by atoms with Crippen molar-refractivity contribution in [1.82, 2.24) is 20.9 Å². The van der Waals surface area contributed by atoms with Gasteiger partial charge in [0, 0.05) is 25.2 Å². The van der Waals surface area contributed by atoms with Gasteiger partial charge in [-0.15, -0.1) is 0 Å². The molecule has 0 radical (unpaired) electrons. The van der Waals surface area contributed by atoms with Crippen LogP contribution in [-0.2, 0) is 4.74 Å². The summed E-state index contributed by atoms with van der Waals surface area (Å²) in [6, 6.07) is 1.27. The molecule has 4 heterocycles. The molecule has 0 bridgehead atoms. The van der Waals surface area contributed by atoms with Gasteiger partial charge in [-0.25, -0.2) is 0 Å². The van der Waals surface area contributed by atoms with E-state index in [0.29, 0.717) is 6.04 Å². The summed E-state index contributed by atoms with van der Waals surface area (Å²) in [5.74, 6) is 3.48. The van der Waals surface area contributed by atoms with Crippen molar-refractivity contribution in [2.24, 2.45) is 23.7 Å². The molecule has 5 unspecified atom stereocenters. The molecule has 0 aliphatic carbocycles. The maximum atomic E-state index is 5.69. The van der Waals surface area contributed by atoms with E-state index in [2.05, 4.69) is 76.2 Å². The summed E-state index contributed by atoms with van der Waals surface area (Å²) in [5.41, 5.74) is 0. The second kappa shape index (κ2) is 17.3. The lowest BCUT2D eigenvalue weighted by Gasteiger charge is -2.43. The fraction of sp³-hybridized carbons (Fsp3) is 1.00. The fourth-order valence-corrected chi connectivity index (χ4v) is 5.27. The topological polar surface area (TPSA) is 48.6 Å². The molecule has 0 aromatic carbocycles. The summed E-state index contributed by atoms with van der Waals surface area (Å²) in [4.78, 5) is 2.63. The Morgan fingerprint density at radius 2 is 1.53 bits per heavy atom. The lowest BCUT2D eigenvalue weighted by Crippen LogP contribution is -2.62. The number of morpholine rings is 1. The van der Waals surface area contributed by atoms with Gasteiger partial charge in [0.15, 0.2) is 0 Å². The summed E-state index contributed by atoms with van der Waals surface area (Å²) in [5, 5.41) is 10.5. The van der Waals surface area contributed by atoms with Crippen LogP contribution >= 0.6 is 0 Å². The predicted molar refractivity (Wildman–Crippen MR) is 140 cm³/mol. The molecule has 32 heavy (non-hydrogen) atoms. The van der Waals surface area contributed by atoms with E-state index in [1.54, 1.807) is 0 Å². The lowest BCUT2D eigenvalue weighted by atomic mass is 9.80. The van der Waals surface area contributed by atoms with E-state index >= 15 is 0 Å².